The molecule has 0 aliphatic heterocycles. The minimum absolute atomic E-state index is 0.0823. The van der Waals surface area contributed by atoms with Gasteiger partial charge in [0.15, 0.2) is 11.6 Å². The maximum atomic E-state index is 12.4. The summed E-state index contributed by atoms with van der Waals surface area (Å²) in [6.45, 7) is 2.83. The normalized spacial score (nSPS) is 10.6. The highest BCUT2D eigenvalue weighted by molar-refractivity contribution is 6.00. The van der Waals surface area contributed by atoms with E-state index in [1.807, 2.05) is 0 Å². The van der Waals surface area contributed by atoms with Crippen molar-refractivity contribution in [1.29, 1.82) is 0 Å². The van der Waals surface area contributed by atoms with E-state index in [1.165, 1.54) is 0 Å². The lowest BCUT2D eigenvalue weighted by Gasteiger charge is -2.10. The van der Waals surface area contributed by atoms with Crippen LogP contribution < -0.4 is 10.1 Å². The molecule has 0 aliphatic carbocycles. The third kappa shape index (κ3) is 6.01. The van der Waals surface area contributed by atoms with E-state index in [1.54, 1.807) is 65.7 Å². The van der Waals surface area contributed by atoms with Gasteiger partial charge in [-0.2, -0.15) is 5.10 Å². The number of ketones is 1. The van der Waals surface area contributed by atoms with Crippen LogP contribution in [0.2, 0.25) is 0 Å². The fourth-order valence-corrected chi connectivity index (χ4v) is 2.93. The number of carbonyl (C=O) groups excluding carboxylic acids is 2. The number of hydrogen-bond acceptors (Lipinski definition) is 5. The van der Waals surface area contributed by atoms with Crippen molar-refractivity contribution in [3.8, 4) is 11.6 Å². The van der Waals surface area contributed by atoms with Gasteiger partial charge < -0.3 is 10.1 Å². The van der Waals surface area contributed by atoms with Crippen molar-refractivity contribution >= 4 is 17.4 Å². The number of pyridine rings is 1. The van der Waals surface area contributed by atoms with Crippen LogP contribution in [-0.4, -0.2) is 33.1 Å². The Morgan fingerprint density at radius 1 is 1.03 bits per heavy atom. The number of ether oxygens (including phenoxy) is 1. The molecule has 1 N–H and O–H groups in total. The van der Waals surface area contributed by atoms with Crippen LogP contribution in [0.4, 0.5) is 5.69 Å². The van der Waals surface area contributed by atoms with Crippen molar-refractivity contribution in [2.45, 2.75) is 39.0 Å². The summed E-state index contributed by atoms with van der Waals surface area (Å²) in [4.78, 5) is 29.0. The first-order valence-electron chi connectivity index (χ1n) is 10.2. The largest absolute Gasteiger partial charge is 0.494 e. The molecule has 0 radical (unpaired) electrons. The average Bonchev–Trinajstić information content (AvgIpc) is 3.31. The Morgan fingerprint density at radius 3 is 2.60 bits per heavy atom. The predicted molar refractivity (Wildman–Crippen MR) is 115 cm³/mol. The van der Waals surface area contributed by atoms with E-state index in [2.05, 4.69) is 22.3 Å². The Bertz CT molecular complexity index is 953. The summed E-state index contributed by atoms with van der Waals surface area (Å²) in [6.07, 6.45) is 8.54. The second-order valence-electron chi connectivity index (χ2n) is 6.88. The number of nitrogens with one attached hydrogen (secondary N) is 1. The van der Waals surface area contributed by atoms with Gasteiger partial charge in [-0.3, -0.25) is 9.59 Å². The van der Waals surface area contributed by atoms with Crippen LogP contribution in [-0.2, 0) is 4.79 Å². The molecule has 3 aromatic rings. The molecule has 30 heavy (non-hydrogen) atoms. The Kier molecular flexibility index (Phi) is 7.71. The molecule has 0 spiro atoms. The number of amides is 1. The monoisotopic (exact) mass is 406 g/mol. The molecule has 0 bridgehead atoms. The standard InChI is InChI=1S/C23H26N4O3/c1-2-3-4-17-30-19-10-8-18(9-11-19)21(28)12-13-22(29)26-20-7-5-14-24-23(20)27-16-6-15-25-27/h5-11,14-16H,2-4,12-13,17H2,1H3,(H,26,29). The number of carbonyl (C=O) groups is 2. The summed E-state index contributed by atoms with van der Waals surface area (Å²) >= 11 is 0. The highest BCUT2D eigenvalue weighted by atomic mass is 16.5. The summed E-state index contributed by atoms with van der Waals surface area (Å²) in [6, 6.07) is 12.3. The third-order valence-corrected chi connectivity index (χ3v) is 4.55. The van der Waals surface area contributed by atoms with Gasteiger partial charge in [0, 0.05) is 37.0 Å². The number of rotatable bonds is 11. The first-order chi connectivity index (χ1) is 14.7. The van der Waals surface area contributed by atoms with E-state index in [-0.39, 0.29) is 24.5 Å². The molecule has 0 aliphatic rings. The Hall–Kier alpha value is -3.48. The zero-order chi connectivity index (χ0) is 21.2. The molecule has 7 heteroatoms. The van der Waals surface area contributed by atoms with Gasteiger partial charge in [-0.15, -0.1) is 0 Å². The number of anilines is 1. The second-order valence-corrected chi connectivity index (χ2v) is 6.88. The topological polar surface area (TPSA) is 86.1 Å². The quantitative estimate of drug-likeness (QED) is 0.376. The minimum atomic E-state index is -0.249. The van der Waals surface area contributed by atoms with Gasteiger partial charge >= 0.3 is 0 Å². The Morgan fingerprint density at radius 2 is 1.87 bits per heavy atom. The molecular formula is C23H26N4O3. The van der Waals surface area contributed by atoms with E-state index >= 15 is 0 Å². The van der Waals surface area contributed by atoms with Crippen molar-refractivity contribution in [2.75, 3.05) is 11.9 Å². The van der Waals surface area contributed by atoms with Gasteiger partial charge in [-0.1, -0.05) is 19.8 Å². The van der Waals surface area contributed by atoms with E-state index in [4.69, 9.17) is 4.74 Å². The second kappa shape index (κ2) is 10.9. The van der Waals surface area contributed by atoms with Gasteiger partial charge in [0.1, 0.15) is 5.75 Å². The van der Waals surface area contributed by atoms with Gasteiger partial charge in [-0.05, 0) is 48.9 Å². The highest BCUT2D eigenvalue weighted by Crippen LogP contribution is 2.18. The number of Topliss-reactive ketones (excluding diaryl/α,β-unsaturated/α-hetero) is 1. The fourth-order valence-electron chi connectivity index (χ4n) is 2.93. The minimum Gasteiger partial charge on any atom is -0.494 e. The first kappa shape index (κ1) is 21.2. The highest BCUT2D eigenvalue weighted by Gasteiger charge is 2.13. The molecule has 1 amide bonds. The maximum Gasteiger partial charge on any atom is 0.224 e. The van der Waals surface area contributed by atoms with E-state index in [0.29, 0.717) is 23.7 Å². The van der Waals surface area contributed by atoms with Crippen molar-refractivity contribution in [3.63, 3.8) is 0 Å². The molecule has 3 rings (SSSR count). The van der Waals surface area contributed by atoms with Crippen molar-refractivity contribution < 1.29 is 14.3 Å². The molecule has 2 heterocycles. The van der Waals surface area contributed by atoms with E-state index in [0.717, 1.165) is 25.0 Å². The fraction of sp³-hybridized carbons (Fsp3) is 0.304. The first-order valence-corrected chi connectivity index (χ1v) is 10.2. The van der Waals surface area contributed by atoms with Gasteiger partial charge in [-0.25, -0.2) is 9.67 Å². The molecule has 0 saturated heterocycles. The lowest BCUT2D eigenvalue weighted by atomic mass is 10.1. The van der Waals surface area contributed by atoms with Crippen molar-refractivity contribution in [2.24, 2.45) is 0 Å². The Labute approximate surface area is 176 Å². The smallest absolute Gasteiger partial charge is 0.224 e. The van der Waals surface area contributed by atoms with Crippen molar-refractivity contribution in [1.82, 2.24) is 14.8 Å². The predicted octanol–water partition coefficient (Wildman–Crippen LogP) is 4.44. The van der Waals surface area contributed by atoms with Crippen LogP contribution in [0.3, 0.4) is 0 Å². The molecule has 0 atom stereocenters. The lowest BCUT2D eigenvalue weighted by Crippen LogP contribution is -2.15. The zero-order valence-electron chi connectivity index (χ0n) is 17.1. The average molecular weight is 406 g/mol. The molecular weight excluding hydrogens is 380 g/mol. The number of aromatic nitrogens is 3. The maximum absolute atomic E-state index is 12.4. The van der Waals surface area contributed by atoms with Gasteiger partial charge in [0.05, 0.1) is 12.3 Å². The number of benzene rings is 1. The summed E-state index contributed by atoms with van der Waals surface area (Å²) < 4.78 is 7.24. The van der Waals surface area contributed by atoms with E-state index in [9.17, 15) is 9.59 Å². The molecule has 7 nitrogen and oxygen atoms in total. The van der Waals surface area contributed by atoms with Crippen LogP contribution in [0.1, 0.15) is 49.4 Å². The van der Waals surface area contributed by atoms with Gasteiger partial charge in [0.25, 0.3) is 0 Å². The van der Waals surface area contributed by atoms with Crippen LogP contribution in [0, 0.1) is 0 Å². The lowest BCUT2D eigenvalue weighted by molar-refractivity contribution is -0.116. The molecule has 0 saturated carbocycles. The SMILES string of the molecule is CCCCCOc1ccc(C(=O)CCC(=O)Nc2cccnc2-n2cccn2)cc1. The van der Waals surface area contributed by atoms with Crippen LogP contribution in [0.15, 0.2) is 61.1 Å². The summed E-state index contributed by atoms with van der Waals surface area (Å²) in [5, 5.41) is 6.96. The Balaban J connectivity index is 1.50. The van der Waals surface area contributed by atoms with Crippen molar-refractivity contribution in [3.05, 3.63) is 66.6 Å². The molecule has 156 valence electrons. The summed E-state index contributed by atoms with van der Waals surface area (Å²) in [5.41, 5.74) is 1.12. The number of unbranched alkanes of at least 4 members (excludes halogenated alkanes) is 2. The summed E-state index contributed by atoms with van der Waals surface area (Å²) in [7, 11) is 0. The zero-order valence-corrected chi connectivity index (χ0v) is 17.1. The molecule has 0 unspecified atom stereocenters. The van der Waals surface area contributed by atoms with Crippen LogP contribution >= 0.6 is 0 Å². The van der Waals surface area contributed by atoms with Gasteiger partial charge in [0.2, 0.25) is 5.91 Å². The number of nitrogens with zero attached hydrogens (tertiary/aromatic N) is 3. The van der Waals surface area contributed by atoms with Crippen LogP contribution in [0.25, 0.3) is 5.82 Å². The number of hydrogen-bond donors (Lipinski definition) is 1. The van der Waals surface area contributed by atoms with E-state index < -0.39 is 0 Å². The molecule has 2 aromatic heterocycles. The third-order valence-electron chi connectivity index (χ3n) is 4.55. The van der Waals surface area contributed by atoms with Crippen LogP contribution in [0.5, 0.6) is 5.75 Å². The molecule has 0 fully saturated rings. The molecule has 1 aromatic carbocycles. The summed E-state index contributed by atoms with van der Waals surface area (Å²) in [5.74, 6) is 0.946.